The molecule has 0 saturated heterocycles. The van der Waals surface area contributed by atoms with Gasteiger partial charge in [0.25, 0.3) is 0 Å². The maximum atomic E-state index is 12.9. The Balaban J connectivity index is 2.47. The summed E-state index contributed by atoms with van der Waals surface area (Å²) in [6, 6.07) is 6.16. The summed E-state index contributed by atoms with van der Waals surface area (Å²) in [5, 5.41) is 3.71. The summed E-state index contributed by atoms with van der Waals surface area (Å²) < 4.78 is 18.0. The van der Waals surface area contributed by atoms with Gasteiger partial charge in [0.1, 0.15) is 11.5 Å². The lowest BCUT2D eigenvalue weighted by molar-refractivity contribution is 0.439. The van der Waals surface area contributed by atoms with Crippen molar-refractivity contribution in [1.82, 2.24) is 5.16 Å². The Hall–Kier alpha value is -1.36. The molecule has 5 heteroatoms. The van der Waals surface area contributed by atoms with E-state index < -0.39 is 0 Å². The molecule has 0 aliphatic heterocycles. The second-order valence-electron chi connectivity index (χ2n) is 2.74. The first kappa shape index (κ1) is 9.21. The fourth-order valence-corrected chi connectivity index (χ4v) is 1.46. The van der Waals surface area contributed by atoms with E-state index in [0.29, 0.717) is 10.2 Å². The molecule has 2 rings (SSSR count). The van der Waals surface area contributed by atoms with Gasteiger partial charge in [-0.2, -0.15) is 0 Å². The fourth-order valence-electron chi connectivity index (χ4n) is 1.08. The van der Waals surface area contributed by atoms with Gasteiger partial charge in [-0.25, -0.2) is 4.39 Å². The van der Waals surface area contributed by atoms with Gasteiger partial charge in [-0.1, -0.05) is 5.16 Å². The van der Waals surface area contributed by atoms with E-state index in [1.165, 1.54) is 6.07 Å². The van der Waals surface area contributed by atoms with Gasteiger partial charge in [0, 0.05) is 11.6 Å². The van der Waals surface area contributed by atoms with Crippen molar-refractivity contribution in [2.24, 2.45) is 0 Å². The smallest absolute Gasteiger partial charge is 0.222 e. The number of anilines is 1. The highest BCUT2D eigenvalue weighted by Crippen LogP contribution is 2.25. The highest BCUT2D eigenvalue weighted by Gasteiger charge is 2.06. The topological polar surface area (TPSA) is 52.0 Å². The van der Waals surface area contributed by atoms with Crippen molar-refractivity contribution in [3.63, 3.8) is 0 Å². The SMILES string of the molecule is Nc1cc(-c2ccc(F)c(Br)c2)no1. The number of nitrogens with zero attached hydrogens (tertiary/aromatic N) is 1. The van der Waals surface area contributed by atoms with Crippen LogP contribution in [0.15, 0.2) is 33.3 Å². The molecule has 72 valence electrons. The predicted molar refractivity (Wildman–Crippen MR) is 54.0 cm³/mol. The summed E-state index contributed by atoms with van der Waals surface area (Å²) in [5.74, 6) is -0.0781. The first-order chi connectivity index (χ1) is 6.66. The van der Waals surface area contributed by atoms with Crippen LogP contribution in [-0.4, -0.2) is 5.16 Å². The van der Waals surface area contributed by atoms with Crippen LogP contribution in [0, 0.1) is 5.82 Å². The lowest BCUT2D eigenvalue weighted by Crippen LogP contribution is -1.81. The third-order valence-electron chi connectivity index (χ3n) is 1.74. The van der Waals surface area contributed by atoms with Gasteiger partial charge in [-0.3, -0.25) is 0 Å². The average Bonchev–Trinajstić information content (AvgIpc) is 2.57. The molecular formula is C9H6BrFN2O. The molecule has 0 atom stereocenters. The molecule has 0 spiro atoms. The van der Waals surface area contributed by atoms with Crippen LogP contribution < -0.4 is 5.73 Å². The Morgan fingerprint density at radius 3 is 2.71 bits per heavy atom. The van der Waals surface area contributed by atoms with Crippen LogP contribution in [0.4, 0.5) is 10.3 Å². The lowest BCUT2D eigenvalue weighted by Gasteiger charge is -1.97. The van der Waals surface area contributed by atoms with Gasteiger partial charge >= 0.3 is 0 Å². The molecule has 0 unspecified atom stereocenters. The maximum Gasteiger partial charge on any atom is 0.222 e. The molecule has 0 aliphatic carbocycles. The molecule has 2 aromatic rings. The predicted octanol–water partition coefficient (Wildman–Crippen LogP) is 2.83. The van der Waals surface area contributed by atoms with Gasteiger partial charge in [0.15, 0.2) is 0 Å². The molecule has 0 aliphatic rings. The standard InChI is InChI=1S/C9H6BrFN2O/c10-6-3-5(1-2-7(6)11)8-4-9(12)14-13-8/h1-4H,12H2. The zero-order valence-electron chi connectivity index (χ0n) is 7.00. The Kier molecular flexibility index (Phi) is 2.25. The number of nitrogens with two attached hydrogens (primary N) is 1. The number of hydrogen-bond acceptors (Lipinski definition) is 3. The second kappa shape index (κ2) is 3.42. The van der Waals surface area contributed by atoms with E-state index in [1.54, 1.807) is 18.2 Å². The molecule has 1 heterocycles. The minimum atomic E-state index is -0.315. The van der Waals surface area contributed by atoms with Crippen molar-refractivity contribution in [3.8, 4) is 11.3 Å². The largest absolute Gasteiger partial charge is 0.368 e. The Bertz CT molecular complexity index is 470. The van der Waals surface area contributed by atoms with E-state index in [0.717, 1.165) is 5.56 Å². The lowest BCUT2D eigenvalue weighted by atomic mass is 10.1. The molecule has 0 saturated carbocycles. The summed E-state index contributed by atoms with van der Waals surface area (Å²) in [7, 11) is 0. The van der Waals surface area contributed by atoms with Crippen LogP contribution in [-0.2, 0) is 0 Å². The number of rotatable bonds is 1. The Morgan fingerprint density at radius 1 is 1.36 bits per heavy atom. The molecule has 0 fully saturated rings. The summed E-state index contributed by atoms with van der Waals surface area (Å²) in [5.41, 5.74) is 6.70. The molecule has 1 aromatic heterocycles. The number of hydrogen-bond donors (Lipinski definition) is 1. The van der Waals surface area contributed by atoms with Crippen LogP contribution in [0.3, 0.4) is 0 Å². The molecule has 0 amide bonds. The average molecular weight is 257 g/mol. The molecule has 2 N–H and O–H groups in total. The van der Waals surface area contributed by atoms with Crippen molar-refractivity contribution in [2.45, 2.75) is 0 Å². The van der Waals surface area contributed by atoms with Gasteiger partial charge in [-0.05, 0) is 34.1 Å². The van der Waals surface area contributed by atoms with Crippen molar-refractivity contribution >= 4 is 21.8 Å². The second-order valence-corrected chi connectivity index (χ2v) is 3.60. The third kappa shape index (κ3) is 1.63. The normalized spacial score (nSPS) is 10.4. The van der Waals surface area contributed by atoms with E-state index in [9.17, 15) is 4.39 Å². The van der Waals surface area contributed by atoms with Gasteiger partial charge < -0.3 is 10.3 Å². The third-order valence-corrected chi connectivity index (χ3v) is 2.35. The van der Waals surface area contributed by atoms with Crippen LogP contribution in [0.5, 0.6) is 0 Å². The summed E-state index contributed by atoms with van der Waals surface area (Å²) in [6.07, 6.45) is 0. The number of nitrogen functional groups attached to an aromatic ring is 1. The van der Waals surface area contributed by atoms with Crippen LogP contribution in [0.25, 0.3) is 11.3 Å². The first-order valence-corrected chi connectivity index (χ1v) is 4.64. The van der Waals surface area contributed by atoms with E-state index >= 15 is 0 Å². The number of aromatic nitrogens is 1. The molecule has 0 radical (unpaired) electrons. The molecular weight excluding hydrogens is 251 g/mol. The number of halogens is 2. The van der Waals surface area contributed by atoms with Gasteiger partial charge in [-0.15, -0.1) is 0 Å². The van der Waals surface area contributed by atoms with E-state index in [1.807, 2.05) is 0 Å². The minimum absolute atomic E-state index is 0.237. The fraction of sp³-hybridized carbons (Fsp3) is 0. The summed E-state index contributed by atoms with van der Waals surface area (Å²) in [4.78, 5) is 0. The van der Waals surface area contributed by atoms with Gasteiger partial charge in [0.2, 0.25) is 5.88 Å². The zero-order chi connectivity index (χ0) is 10.1. The van der Waals surface area contributed by atoms with Crippen molar-refractivity contribution in [2.75, 3.05) is 5.73 Å². The van der Waals surface area contributed by atoms with Crippen molar-refractivity contribution in [1.29, 1.82) is 0 Å². The molecule has 1 aromatic carbocycles. The highest BCUT2D eigenvalue weighted by atomic mass is 79.9. The summed E-state index contributed by atoms with van der Waals surface area (Å²) in [6.45, 7) is 0. The van der Waals surface area contributed by atoms with Crippen LogP contribution >= 0.6 is 15.9 Å². The van der Waals surface area contributed by atoms with Crippen LogP contribution in [0.2, 0.25) is 0 Å². The minimum Gasteiger partial charge on any atom is -0.368 e. The van der Waals surface area contributed by atoms with Crippen LogP contribution in [0.1, 0.15) is 0 Å². The van der Waals surface area contributed by atoms with E-state index in [-0.39, 0.29) is 11.7 Å². The van der Waals surface area contributed by atoms with E-state index in [2.05, 4.69) is 21.1 Å². The van der Waals surface area contributed by atoms with Gasteiger partial charge in [0.05, 0.1) is 4.47 Å². The molecule has 14 heavy (non-hydrogen) atoms. The molecule has 3 nitrogen and oxygen atoms in total. The monoisotopic (exact) mass is 256 g/mol. The molecule has 0 bridgehead atoms. The highest BCUT2D eigenvalue weighted by molar-refractivity contribution is 9.10. The zero-order valence-corrected chi connectivity index (χ0v) is 8.58. The Labute approximate surface area is 87.8 Å². The quantitative estimate of drug-likeness (QED) is 0.854. The summed E-state index contributed by atoms with van der Waals surface area (Å²) >= 11 is 3.09. The maximum absolute atomic E-state index is 12.9. The van der Waals surface area contributed by atoms with Crippen molar-refractivity contribution in [3.05, 3.63) is 34.6 Å². The number of benzene rings is 1. The van der Waals surface area contributed by atoms with Crippen molar-refractivity contribution < 1.29 is 8.91 Å². The Morgan fingerprint density at radius 2 is 2.14 bits per heavy atom. The van der Waals surface area contributed by atoms with E-state index in [4.69, 9.17) is 10.3 Å². The first-order valence-electron chi connectivity index (χ1n) is 3.84.